The number of hydrogen-bond acceptors (Lipinski definition) is 6. The van der Waals surface area contributed by atoms with E-state index in [-0.39, 0.29) is 16.0 Å². The molecule has 2 rings (SSSR count). The summed E-state index contributed by atoms with van der Waals surface area (Å²) in [6.07, 6.45) is 1.26. The van der Waals surface area contributed by atoms with Crippen LogP contribution in [0, 0.1) is 11.3 Å². The molecule has 8 nitrogen and oxygen atoms in total. The molecule has 1 aromatic carbocycles. The van der Waals surface area contributed by atoms with E-state index in [4.69, 9.17) is 5.14 Å². The Morgan fingerprint density at radius 1 is 1.30 bits per heavy atom. The van der Waals surface area contributed by atoms with E-state index in [1.54, 1.807) is 26.0 Å². The van der Waals surface area contributed by atoms with Gasteiger partial charge in [-0.25, -0.2) is 19.1 Å². The van der Waals surface area contributed by atoms with E-state index in [0.717, 1.165) is 22.5 Å². The molecule has 162 valence electrons. The lowest BCUT2D eigenvalue weighted by atomic mass is 9.90. The van der Waals surface area contributed by atoms with Gasteiger partial charge in [0.15, 0.2) is 9.92 Å². The number of thiazole rings is 1. The fraction of sp³-hybridized carbons (Fsp3) is 0.450. The van der Waals surface area contributed by atoms with Gasteiger partial charge in [0.25, 0.3) is 0 Å². The first-order valence-electron chi connectivity index (χ1n) is 9.38. The molecule has 2 aromatic rings. The molecule has 30 heavy (non-hydrogen) atoms. The molecule has 2 amide bonds. The van der Waals surface area contributed by atoms with Crippen molar-refractivity contribution in [3.05, 3.63) is 40.0 Å². The lowest BCUT2D eigenvalue weighted by Gasteiger charge is -2.20. The molecule has 0 aliphatic rings. The van der Waals surface area contributed by atoms with Crippen molar-refractivity contribution in [3.8, 4) is 6.07 Å². The summed E-state index contributed by atoms with van der Waals surface area (Å²) in [6, 6.07) is 4.75. The van der Waals surface area contributed by atoms with Crippen LogP contribution in [0.25, 0.3) is 0 Å². The molecule has 0 saturated carbocycles. The van der Waals surface area contributed by atoms with Crippen molar-refractivity contribution in [2.45, 2.75) is 63.2 Å². The molecular weight excluding hydrogens is 422 g/mol. The van der Waals surface area contributed by atoms with Crippen molar-refractivity contribution in [1.82, 2.24) is 4.98 Å². The van der Waals surface area contributed by atoms with E-state index >= 15 is 0 Å². The van der Waals surface area contributed by atoms with Gasteiger partial charge >= 0.3 is 6.03 Å². The highest BCUT2D eigenvalue weighted by molar-refractivity contribution is 7.93. The quantitative estimate of drug-likeness (QED) is 0.619. The maximum atomic E-state index is 12.9. The summed E-state index contributed by atoms with van der Waals surface area (Å²) >= 11 is 0.945. The fourth-order valence-electron chi connectivity index (χ4n) is 2.78. The number of carbonyl (C=O) groups excluding carboxylic acids is 1. The maximum absolute atomic E-state index is 12.9. The summed E-state index contributed by atoms with van der Waals surface area (Å²) in [5.41, 5.74) is 1.40. The fourth-order valence-corrected chi connectivity index (χ4v) is 4.85. The Labute approximate surface area is 181 Å². The minimum absolute atomic E-state index is 0.0316. The summed E-state index contributed by atoms with van der Waals surface area (Å²) in [7, 11) is -3.54. The van der Waals surface area contributed by atoms with E-state index in [0.29, 0.717) is 16.3 Å². The number of hydrogen-bond donors (Lipinski definition) is 3. The average molecular weight is 450 g/mol. The normalized spacial score (nSPS) is 13.8. The standard InChI is InChI=1S/C20H27N5O3S2/c1-11(2)14-7-13(9-21)8-15(12(3)4)17(14)24-19(26)25-30(22,28)16-10-23-18(29-16)20(5,6)27/h7-8,10-12,27H,1-6H3,(H3,22,24,25,26,28). The Kier molecular flexibility index (Phi) is 7.04. The smallest absolute Gasteiger partial charge is 0.354 e. The van der Waals surface area contributed by atoms with Crippen LogP contribution in [0.1, 0.15) is 75.1 Å². The second-order valence-corrected chi connectivity index (χ2v) is 11.1. The first kappa shape index (κ1) is 24.0. The second-order valence-electron chi connectivity index (χ2n) is 8.08. The summed E-state index contributed by atoms with van der Waals surface area (Å²) < 4.78 is 16.7. The highest BCUT2D eigenvalue weighted by Crippen LogP contribution is 2.34. The molecular formula is C20H27N5O3S2. The molecule has 10 heteroatoms. The number of urea groups is 1. The predicted octanol–water partition coefficient (Wildman–Crippen LogP) is 4.42. The van der Waals surface area contributed by atoms with Crippen LogP contribution in [0.15, 0.2) is 26.9 Å². The van der Waals surface area contributed by atoms with Gasteiger partial charge in [0, 0.05) is 5.69 Å². The average Bonchev–Trinajstić information content (AvgIpc) is 3.12. The molecule has 0 spiro atoms. The number of anilines is 1. The third-order valence-corrected chi connectivity index (χ3v) is 7.51. The third kappa shape index (κ3) is 5.43. The van der Waals surface area contributed by atoms with E-state index in [1.165, 1.54) is 6.20 Å². The maximum Gasteiger partial charge on any atom is 0.354 e. The molecule has 0 saturated heterocycles. The third-order valence-electron chi connectivity index (χ3n) is 4.32. The number of nitrogens with two attached hydrogens (primary N) is 1. The highest BCUT2D eigenvalue weighted by atomic mass is 32.2. The molecule has 1 heterocycles. The van der Waals surface area contributed by atoms with Crippen molar-refractivity contribution in [2.75, 3.05) is 5.32 Å². The molecule has 1 atom stereocenters. The van der Waals surface area contributed by atoms with Gasteiger partial charge < -0.3 is 10.4 Å². The highest BCUT2D eigenvalue weighted by Gasteiger charge is 2.24. The number of carbonyl (C=O) groups is 1. The Morgan fingerprint density at radius 2 is 1.83 bits per heavy atom. The number of rotatable bonds is 5. The van der Waals surface area contributed by atoms with Gasteiger partial charge in [-0.2, -0.15) is 5.26 Å². The summed E-state index contributed by atoms with van der Waals surface area (Å²) in [5, 5.41) is 28.2. The number of nitrogens with one attached hydrogen (secondary N) is 1. The number of benzene rings is 1. The van der Waals surface area contributed by atoms with Crippen LogP contribution in [-0.2, 0) is 15.5 Å². The van der Waals surface area contributed by atoms with Crippen molar-refractivity contribution in [3.63, 3.8) is 0 Å². The Morgan fingerprint density at radius 3 is 2.23 bits per heavy atom. The second kappa shape index (κ2) is 8.81. The van der Waals surface area contributed by atoms with E-state index in [9.17, 15) is 19.4 Å². The zero-order chi connectivity index (χ0) is 22.9. The number of aliphatic hydroxyl groups is 1. The topological polar surface area (TPSA) is 141 Å². The summed E-state index contributed by atoms with van der Waals surface area (Å²) in [6.45, 7) is 10.9. The van der Waals surface area contributed by atoms with E-state index < -0.39 is 21.5 Å². The lowest BCUT2D eigenvalue weighted by molar-refractivity contribution is 0.0783. The van der Waals surface area contributed by atoms with Crippen molar-refractivity contribution >= 4 is 33.0 Å². The van der Waals surface area contributed by atoms with Gasteiger partial charge in [-0.1, -0.05) is 27.7 Å². The zero-order valence-corrected chi connectivity index (χ0v) is 19.5. The molecule has 1 unspecified atom stereocenters. The van der Waals surface area contributed by atoms with Crippen molar-refractivity contribution in [2.24, 2.45) is 9.50 Å². The first-order chi connectivity index (χ1) is 13.8. The first-order valence-corrected chi connectivity index (χ1v) is 11.8. The van der Waals surface area contributed by atoms with Gasteiger partial charge in [-0.3, -0.25) is 0 Å². The molecule has 1 aromatic heterocycles. The van der Waals surface area contributed by atoms with Gasteiger partial charge in [-0.05, 0) is 48.9 Å². The van der Waals surface area contributed by atoms with Crippen molar-refractivity contribution in [1.29, 1.82) is 5.26 Å². The lowest BCUT2D eigenvalue weighted by Crippen LogP contribution is -2.18. The van der Waals surface area contributed by atoms with Crippen molar-refractivity contribution < 1.29 is 14.1 Å². The van der Waals surface area contributed by atoms with Gasteiger partial charge in [0.1, 0.15) is 14.8 Å². The van der Waals surface area contributed by atoms with Crippen LogP contribution < -0.4 is 10.5 Å². The summed E-state index contributed by atoms with van der Waals surface area (Å²) in [5.74, 6) is 0.0633. The molecule has 0 aliphatic carbocycles. The Hall–Kier alpha value is -2.32. The van der Waals surface area contributed by atoms with Crippen LogP contribution in [0.3, 0.4) is 0 Å². The number of aromatic nitrogens is 1. The Balaban J connectivity index is 2.48. The van der Waals surface area contributed by atoms with Gasteiger partial charge in [-0.15, -0.1) is 15.7 Å². The summed E-state index contributed by atoms with van der Waals surface area (Å²) in [4.78, 5) is 16.7. The predicted molar refractivity (Wildman–Crippen MR) is 119 cm³/mol. The van der Waals surface area contributed by atoms with Crippen LogP contribution >= 0.6 is 11.3 Å². The number of amides is 2. The zero-order valence-electron chi connectivity index (χ0n) is 17.9. The minimum Gasteiger partial charge on any atom is -0.383 e. The minimum atomic E-state index is -3.54. The largest absolute Gasteiger partial charge is 0.383 e. The molecule has 4 N–H and O–H groups in total. The number of nitriles is 1. The molecule has 0 fully saturated rings. The molecule has 0 aliphatic heterocycles. The van der Waals surface area contributed by atoms with E-state index in [2.05, 4.69) is 20.7 Å². The monoisotopic (exact) mass is 449 g/mol. The van der Waals surface area contributed by atoms with E-state index in [1.807, 2.05) is 27.7 Å². The van der Waals surface area contributed by atoms with Gasteiger partial charge in [0.2, 0.25) is 0 Å². The molecule has 0 bridgehead atoms. The SMILES string of the molecule is CC(C)c1cc(C#N)cc(C(C)C)c1NC(=O)N=S(N)(=O)c1cnc(C(C)(C)O)s1. The van der Waals surface area contributed by atoms with Crippen LogP contribution in [0.2, 0.25) is 0 Å². The van der Waals surface area contributed by atoms with Gasteiger partial charge in [0.05, 0.1) is 17.8 Å². The molecule has 0 radical (unpaired) electrons. The van der Waals surface area contributed by atoms with Crippen LogP contribution in [0.5, 0.6) is 0 Å². The Bertz CT molecular complexity index is 1090. The van der Waals surface area contributed by atoms with Crippen LogP contribution in [-0.4, -0.2) is 20.3 Å². The number of nitrogens with zero attached hydrogens (tertiary/aromatic N) is 3. The van der Waals surface area contributed by atoms with Crippen LogP contribution in [0.4, 0.5) is 10.5 Å².